The standard InChI is InChI=1S/C21H32F3N3O3/c1-2-25-20(26-10-3-12-29-16-17-8-13-28-14-9-17)27-11-15-30-19-6-4-18(5-7-19)21(22,23)24/h4-7,17H,2-3,8-16H2,1H3,(H2,25,26,27). The van der Waals surface area contributed by atoms with Crippen molar-refractivity contribution in [2.45, 2.75) is 32.4 Å². The van der Waals surface area contributed by atoms with Crippen molar-refractivity contribution in [3.05, 3.63) is 29.8 Å². The first-order chi connectivity index (χ1) is 14.5. The van der Waals surface area contributed by atoms with Gasteiger partial charge in [-0.25, -0.2) is 0 Å². The number of nitrogens with one attached hydrogen (secondary N) is 2. The first-order valence-corrected chi connectivity index (χ1v) is 10.5. The molecule has 6 nitrogen and oxygen atoms in total. The van der Waals surface area contributed by atoms with Crippen molar-refractivity contribution in [2.75, 3.05) is 52.7 Å². The van der Waals surface area contributed by atoms with E-state index in [4.69, 9.17) is 14.2 Å². The molecule has 0 saturated carbocycles. The zero-order chi connectivity index (χ0) is 21.7. The highest BCUT2D eigenvalue weighted by Crippen LogP contribution is 2.30. The summed E-state index contributed by atoms with van der Waals surface area (Å²) in [6, 6.07) is 4.67. The number of rotatable bonds is 11. The maximum atomic E-state index is 12.6. The molecule has 9 heteroatoms. The van der Waals surface area contributed by atoms with Crippen LogP contribution in [0, 0.1) is 5.92 Å². The summed E-state index contributed by atoms with van der Waals surface area (Å²) in [6.45, 7) is 7.26. The Labute approximate surface area is 176 Å². The Kier molecular flexibility index (Phi) is 10.8. The highest BCUT2D eigenvalue weighted by atomic mass is 19.4. The lowest BCUT2D eigenvalue weighted by Gasteiger charge is -2.21. The molecule has 1 aromatic rings. The Morgan fingerprint density at radius 3 is 2.53 bits per heavy atom. The Morgan fingerprint density at radius 1 is 1.13 bits per heavy atom. The van der Waals surface area contributed by atoms with Crippen LogP contribution in [0.5, 0.6) is 5.75 Å². The van der Waals surface area contributed by atoms with Gasteiger partial charge in [-0.05, 0) is 56.4 Å². The van der Waals surface area contributed by atoms with Crippen LogP contribution in [0.4, 0.5) is 13.2 Å². The van der Waals surface area contributed by atoms with Crippen molar-refractivity contribution in [2.24, 2.45) is 10.9 Å². The summed E-state index contributed by atoms with van der Waals surface area (Å²) in [4.78, 5) is 4.49. The van der Waals surface area contributed by atoms with Crippen LogP contribution < -0.4 is 15.4 Å². The highest BCUT2D eigenvalue weighted by Gasteiger charge is 2.30. The summed E-state index contributed by atoms with van der Waals surface area (Å²) in [6.07, 6.45) is -1.36. The molecule has 2 rings (SSSR count). The van der Waals surface area contributed by atoms with Crippen LogP contribution in [-0.4, -0.2) is 58.6 Å². The molecule has 1 fully saturated rings. The molecule has 0 radical (unpaired) electrons. The minimum Gasteiger partial charge on any atom is -0.492 e. The number of nitrogens with zero attached hydrogens (tertiary/aromatic N) is 1. The quantitative estimate of drug-likeness (QED) is 0.319. The van der Waals surface area contributed by atoms with E-state index in [2.05, 4.69) is 15.6 Å². The Balaban J connectivity index is 1.59. The van der Waals surface area contributed by atoms with E-state index in [0.717, 1.165) is 57.8 Å². The number of hydrogen-bond donors (Lipinski definition) is 2. The minimum absolute atomic E-state index is 0.310. The molecule has 0 spiro atoms. The van der Waals surface area contributed by atoms with Crippen LogP contribution in [0.25, 0.3) is 0 Å². The van der Waals surface area contributed by atoms with E-state index in [-0.39, 0.29) is 0 Å². The third-order valence-corrected chi connectivity index (χ3v) is 4.60. The van der Waals surface area contributed by atoms with Crippen LogP contribution in [0.2, 0.25) is 0 Å². The van der Waals surface area contributed by atoms with E-state index in [0.29, 0.717) is 43.9 Å². The van der Waals surface area contributed by atoms with Gasteiger partial charge in [-0.1, -0.05) is 0 Å². The second kappa shape index (κ2) is 13.3. The van der Waals surface area contributed by atoms with Crippen LogP contribution in [0.15, 0.2) is 29.3 Å². The molecule has 1 heterocycles. The number of hydrogen-bond acceptors (Lipinski definition) is 4. The van der Waals surface area contributed by atoms with Gasteiger partial charge >= 0.3 is 6.18 Å². The topological polar surface area (TPSA) is 64.1 Å². The number of alkyl halides is 3. The second-order valence-electron chi connectivity index (χ2n) is 7.04. The first kappa shape index (κ1) is 24.3. The van der Waals surface area contributed by atoms with E-state index in [1.807, 2.05) is 6.92 Å². The Hall–Kier alpha value is -2.00. The van der Waals surface area contributed by atoms with E-state index in [1.165, 1.54) is 12.1 Å². The predicted molar refractivity (Wildman–Crippen MR) is 110 cm³/mol. The van der Waals surface area contributed by atoms with Crippen molar-refractivity contribution in [3.63, 3.8) is 0 Å². The fourth-order valence-corrected chi connectivity index (χ4v) is 2.94. The maximum absolute atomic E-state index is 12.6. The van der Waals surface area contributed by atoms with Gasteiger partial charge in [-0.15, -0.1) is 0 Å². The molecular formula is C21H32F3N3O3. The van der Waals surface area contributed by atoms with E-state index >= 15 is 0 Å². The number of aliphatic imine (C=N–C) groups is 1. The molecule has 0 amide bonds. The van der Waals surface area contributed by atoms with Crippen LogP contribution >= 0.6 is 0 Å². The van der Waals surface area contributed by atoms with Crippen molar-refractivity contribution in [1.82, 2.24) is 10.6 Å². The average molecular weight is 431 g/mol. The molecular weight excluding hydrogens is 399 g/mol. The predicted octanol–water partition coefficient (Wildman–Crippen LogP) is 3.47. The fourth-order valence-electron chi connectivity index (χ4n) is 2.94. The normalized spacial score (nSPS) is 15.8. The molecule has 0 aromatic heterocycles. The lowest BCUT2D eigenvalue weighted by molar-refractivity contribution is -0.137. The molecule has 170 valence electrons. The van der Waals surface area contributed by atoms with Crippen molar-refractivity contribution >= 4 is 5.96 Å². The zero-order valence-corrected chi connectivity index (χ0v) is 17.5. The van der Waals surface area contributed by atoms with Gasteiger partial charge in [0, 0.05) is 39.5 Å². The lowest BCUT2D eigenvalue weighted by atomic mass is 10.0. The number of ether oxygens (including phenoxy) is 3. The number of guanidine groups is 1. The van der Waals surface area contributed by atoms with Crippen LogP contribution in [-0.2, 0) is 15.7 Å². The SMILES string of the molecule is CCNC(=NCCCOCC1CCOCC1)NCCOc1ccc(C(F)(F)F)cc1. The summed E-state index contributed by atoms with van der Waals surface area (Å²) >= 11 is 0. The largest absolute Gasteiger partial charge is 0.492 e. The van der Waals surface area contributed by atoms with Gasteiger partial charge in [0.1, 0.15) is 12.4 Å². The third kappa shape index (κ3) is 9.67. The molecule has 0 unspecified atom stereocenters. The van der Waals surface area contributed by atoms with Gasteiger partial charge in [0.05, 0.1) is 12.1 Å². The second-order valence-corrected chi connectivity index (χ2v) is 7.04. The fraction of sp³-hybridized carbons (Fsp3) is 0.667. The average Bonchev–Trinajstić information content (AvgIpc) is 2.74. The molecule has 0 atom stereocenters. The van der Waals surface area contributed by atoms with Gasteiger partial charge < -0.3 is 24.8 Å². The van der Waals surface area contributed by atoms with Crippen molar-refractivity contribution in [3.8, 4) is 5.75 Å². The minimum atomic E-state index is -4.34. The maximum Gasteiger partial charge on any atom is 0.416 e. The molecule has 2 N–H and O–H groups in total. The number of benzene rings is 1. The summed E-state index contributed by atoms with van der Waals surface area (Å²) in [7, 11) is 0. The molecule has 1 saturated heterocycles. The lowest BCUT2D eigenvalue weighted by Crippen LogP contribution is -2.39. The van der Waals surface area contributed by atoms with E-state index in [9.17, 15) is 13.2 Å². The third-order valence-electron chi connectivity index (χ3n) is 4.60. The van der Waals surface area contributed by atoms with Gasteiger partial charge in [0.25, 0.3) is 0 Å². The molecule has 0 bridgehead atoms. The highest BCUT2D eigenvalue weighted by molar-refractivity contribution is 5.79. The Morgan fingerprint density at radius 2 is 1.87 bits per heavy atom. The van der Waals surface area contributed by atoms with E-state index in [1.54, 1.807) is 0 Å². The van der Waals surface area contributed by atoms with Crippen molar-refractivity contribution in [1.29, 1.82) is 0 Å². The Bertz CT molecular complexity index is 618. The summed E-state index contributed by atoms with van der Waals surface area (Å²) in [5.41, 5.74) is -0.689. The van der Waals surface area contributed by atoms with Gasteiger partial charge in [0.15, 0.2) is 5.96 Å². The van der Waals surface area contributed by atoms with Crippen molar-refractivity contribution < 1.29 is 27.4 Å². The van der Waals surface area contributed by atoms with Crippen LogP contribution in [0.1, 0.15) is 31.7 Å². The van der Waals surface area contributed by atoms with Crippen LogP contribution in [0.3, 0.4) is 0 Å². The monoisotopic (exact) mass is 431 g/mol. The summed E-state index contributed by atoms with van der Waals surface area (Å²) < 4.78 is 54.2. The molecule has 0 aliphatic carbocycles. The summed E-state index contributed by atoms with van der Waals surface area (Å²) in [5.74, 6) is 1.68. The van der Waals surface area contributed by atoms with Gasteiger partial charge in [-0.3, -0.25) is 4.99 Å². The first-order valence-electron chi connectivity index (χ1n) is 10.5. The van der Waals surface area contributed by atoms with Gasteiger partial charge in [-0.2, -0.15) is 13.2 Å². The molecule has 1 aromatic carbocycles. The van der Waals surface area contributed by atoms with Gasteiger partial charge in [0.2, 0.25) is 0 Å². The molecule has 1 aliphatic heterocycles. The molecule has 30 heavy (non-hydrogen) atoms. The number of halogens is 3. The smallest absolute Gasteiger partial charge is 0.416 e. The molecule has 1 aliphatic rings. The van der Waals surface area contributed by atoms with E-state index < -0.39 is 11.7 Å². The zero-order valence-electron chi connectivity index (χ0n) is 17.5. The summed E-state index contributed by atoms with van der Waals surface area (Å²) in [5, 5.41) is 6.30.